The molecule has 0 fully saturated rings. The van der Waals surface area contributed by atoms with Gasteiger partial charge < -0.3 is 10.3 Å². The molecule has 4 aromatic rings. The maximum Gasteiger partial charge on any atom is 0.223 e. The fourth-order valence-electron chi connectivity index (χ4n) is 2.75. The normalized spacial score (nSPS) is 12.2. The van der Waals surface area contributed by atoms with Crippen molar-refractivity contribution in [1.82, 2.24) is 19.9 Å². The average Bonchev–Trinajstić information content (AvgIpc) is 3.04. The Balaban J connectivity index is 1.82. The molecule has 5 nitrogen and oxygen atoms in total. The van der Waals surface area contributed by atoms with Gasteiger partial charge in [0.1, 0.15) is 0 Å². The van der Waals surface area contributed by atoms with Gasteiger partial charge in [-0.05, 0) is 29.8 Å². The lowest BCUT2D eigenvalue weighted by atomic mass is 9.99. The molecule has 0 saturated heterocycles. The molecule has 6 heteroatoms. The molecule has 24 heavy (non-hydrogen) atoms. The molecule has 0 aliphatic rings. The molecule has 3 aromatic heterocycles. The zero-order valence-electron chi connectivity index (χ0n) is 12.6. The maximum atomic E-state index is 6.09. The predicted molar refractivity (Wildman–Crippen MR) is 95.0 cm³/mol. The van der Waals surface area contributed by atoms with E-state index in [-0.39, 0.29) is 6.04 Å². The lowest BCUT2D eigenvalue weighted by molar-refractivity contribution is 0.907. The Morgan fingerprint density at radius 2 is 1.92 bits per heavy atom. The number of fused-ring (bicyclic) bond motifs is 1. The maximum absolute atomic E-state index is 6.09. The van der Waals surface area contributed by atoms with E-state index in [9.17, 15) is 0 Å². The summed E-state index contributed by atoms with van der Waals surface area (Å²) in [5, 5.41) is 5.19. The Labute approximate surface area is 143 Å². The number of aromatic nitrogens is 4. The van der Waals surface area contributed by atoms with Crippen molar-refractivity contribution in [2.45, 2.75) is 6.04 Å². The van der Waals surface area contributed by atoms with Crippen molar-refractivity contribution in [1.29, 1.82) is 0 Å². The first-order valence-electron chi connectivity index (χ1n) is 7.51. The number of nitrogens with zero attached hydrogens (tertiary/aromatic N) is 3. The second kappa shape index (κ2) is 6.29. The Morgan fingerprint density at radius 1 is 1.04 bits per heavy atom. The molecule has 0 spiro atoms. The van der Waals surface area contributed by atoms with Crippen LogP contribution in [0.3, 0.4) is 0 Å². The minimum Gasteiger partial charge on any atom is -0.361 e. The first-order chi connectivity index (χ1) is 11.8. The summed E-state index contributed by atoms with van der Waals surface area (Å²) in [4.78, 5) is 16.1. The topological polar surface area (TPSA) is 66.5 Å². The third-order valence-corrected chi connectivity index (χ3v) is 4.08. The van der Waals surface area contributed by atoms with Crippen LogP contribution in [0.1, 0.15) is 17.2 Å². The van der Waals surface area contributed by atoms with E-state index in [1.807, 2.05) is 42.7 Å². The summed E-state index contributed by atoms with van der Waals surface area (Å²) >= 11 is 6.09. The monoisotopic (exact) mass is 335 g/mol. The standard InChI is InChI=1S/C18H14ClN5/c19-13-4-5-14-15(11-23-16(14)9-13)17(12-3-1-6-20-10-12)24-18-21-7-2-8-22-18/h1-11,17,23H,(H,21,22,24). The summed E-state index contributed by atoms with van der Waals surface area (Å²) in [5.74, 6) is 0.565. The van der Waals surface area contributed by atoms with Crippen molar-refractivity contribution in [2.75, 3.05) is 5.32 Å². The molecule has 3 heterocycles. The molecular formula is C18H14ClN5. The molecule has 4 rings (SSSR count). The first kappa shape index (κ1) is 14.7. The minimum atomic E-state index is -0.129. The third-order valence-electron chi connectivity index (χ3n) is 3.84. The van der Waals surface area contributed by atoms with Crippen LogP contribution < -0.4 is 5.32 Å². The lowest BCUT2D eigenvalue weighted by Gasteiger charge is -2.18. The number of halogens is 1. The van der Waals surface area contributed by atoms with Gasteiger partial charge in [0.15, 0.2) is 0 Å². The smallest absolute Gasteiger partial charge is 0.223 e. The van der Waals surface area contributed by atoms with E-state index in [4.69, 9.17) is 11.6 Å². The molecule has 2 N–H and O–H groups in total. The van der Waals surface area contributed by atoms with E-state index in [0.717, 1.165) is 22.0 Å². The van der Waals surface area contributed by atoms with Gasteiger partial charge in [-0.25, -0.2) is 9.97 Å². The summed E-state index contributed by atoms with van der Waals surface area (Å²) in [7, 11) is 0. The molecule has 0 aliphatic carbocycles. The Morgan fingerprint density at radius 3 is 2.71 bits per heavy atom. The average molecular weight is 336 g/mol. The highest BCUT2D eigenvalue weighted by Gasteiger charge is 2.19. The van der Waals surface area contributed by atoms with Crippen molar-refractivity contribution in [2.24, 2.45) is 0 Å². The summed E-state index contributed by atoms with van der Waals surface area (Å²) in [5.41, 5.74) is 3.10. The second-order valence-electron chi connectivity index (χ2n) is 5.37. The van der Waals surface area contributed by atoms with Crippen molar-refractivity contribution >= 4 is 28.5 Å². The van der Waals surface area contributed by atoms with Crippen LogP contribution in [0, 0.1) is 0 Å². The minimum absolute atomic E-state index is 0.129. The molecule has 0 aliphatic heterocycles. The van der Waals surface area contributed by atoms with Crippen LogP contribution >= 0.6 is 11.6 Å². The summed E-state index contributed by atoms with van der Waals surface area (Å²) in [6, 6.07) is 11.4. The molecule has 1 atom stereocenters. The molecule has 1 aromatic carbocycles. The Bertz CT molecular complexity index is 953. The summed E-state index contributed by atoms with van der Waals surface area (Å²) in [6.07, 6.45) is 9.01. The summed E-state index contributed by atoms with van der Waals surface area (Å²) < 4.78 is 0. The number of pyridine rings is 1. The van der Waals surface area contributed by atoms with Gasteiger partial charge in [-0.1, -0.05) is 23.7 Å². The molecule has 0 radical (unpaired) electrons. The molecule has 0 amide bonds. The van der Waals surface area contributed by atoms with Crippen LogP contribution in [-0.4, -0.2) is 19.9 Å². The van der Waals surface area contributed by atoms with E-state index < -0.39 is 0 Å². The Kier molecular flexibility index (Phi) is 3.84. The van der Waals surface area contributed by atoms with Crippen LogP contribution in [0.4, 0.5) is 5.95 Å². The van der Waals surface area contributed by atoms with E-state index >= 15 is 0 Å². The zero-order chi connectivity index (χ0) is 16.4. The van der Waals surface area contributed by atoms with Crippen LogP contribution in [0.2, 0.25) is 5.02 Å². The lowest BCUT2D eigenvalue weighted by Crippen LogP contribution is -2.14. The van der Waals surface area contributed by atoms with Gasteiger partial charge in [0.05, 0.1) is 6.04 Å². The van der Waals surface area contributed by atoms with Crippen LogP contribution in [0.25, 0.3) is 10.9 Å². The van der Waals surface area contributed by atoms with Gasteiger partial charge in [0.2, 0.25) is 5.95 Å². The van der Waals surface area contributed by atoms with E-state index in [1.165, 1.54) is 0 Å². The van der Waals surface area contributed by atoms with Gasteiger partial charge in [-0.15, -0.1) is 0 Å². The number of H-pyrrole nitrogens is 1. The molecule has 118 valence electrons. The highest BCUT2D eigenvalue weighted by Crippen LogP contribution is 2.31. The molecule has 0 saturated carbocycles. The van der Waals surface area contributed by atoms with Gasteiger partial charge in [-0.2, -0.15) is 0 Å². The quantitative estimate of drug-likeness (QED) is 0.586. The van der Waals surface area contributed by atoms with Gasteiger partial charge in [0, 0.05) is 52.5 Å². The fourth-order valence-corrected chi connectivity index (χ4v) is 2.92. The number of anilines is 1. The van der Waals surface area contributed by atoms with Crippen molar-refractivity contribution < 1.29 is 0 Å². The van der Waals surface area contributed by atoms with Gasteiger partial charge in [-0.3, -0.25) is 4.98 Å². The summed E-state index contributed by atoms with van der Waals surface area (Å²) in [6.45, 7) is 0. The van der Waals surface area contributed by atoms with Crippen LogP contribution in [0.15, 0.2) is 67.4 Å². The van der Waals surface area contributed by atoms with Gasteiger partial charge >= 0.3 is 0 Å². The van der Waals surface area contributed by atoms with Gasteiger partial charge in [0.25, 0.3) is 0 Å². The third kappa shape index (κ3) is 2.81. The Hall–Kier alpha value is -2.92. The number of benzene rings is 1. The molecule has 0 bridgehead atoms. The van der Waals surface area contributed by atoms with Crippen LogP contribution in [-0.2, 0) is 0 Å². The first-order valence-corrected chi connectivity index (χ1v) is 7.89. The predicted octanol–water partition coefficient (Wildman–Crippen LogP) is 4.21. The second-order valence-corrected chi connectivity index (χ2v) is 5.81. The number of aromatic amines is 1. The molecular weight excluding hydrogens is 322 g/mol. The SMILES string of the molecule is Clc1ccc2c(C(Nc3ncccn3)c3cccnc3)c[nH]c2c1. The largest absolute Gasteiger partial charge is 0.361 e. The highest BCUT2D eigenvalue weighted by atomic mass is 35.5. The highest BCUT2D eigenvalue weighted by molar-refractivity contribution is 6.31. The van der Waals surface area contributed by atoms with Crippen molar-refractivity contribution in [3.63, 3.8) is 0 Å². The van der Waals surface area contributed by atoms with Crippen molar-refractivity contribution in [3.8, 4) is 0 Å². The number of hydrogen-bond donors (Lipinski definition) is 2. The fraction of sp³-hybridized carbons (Fsp3) is 0.0556. The number of hydrogen-bond acceptors (Lipinski definition) is 4. The van der Waals surface area contributed by atoms with E-state index in [0.29, 0.717) is 11.0 Å². The molecule has 1 unspecified atom stereocenters. The van der Waals surface area contributed by atoms with Crippen molar-refractivity contribution in [3.05, 3.63) is 83.5 Å². The zero-order valence-corrected chi connectivity index (χ0v) is 13.4. The number of rotatable bonds is 4. The van der Waals surface area contributed by atoms with Crippen LogP contribution in [0.5, 0.6) is 0 Å². The van der Waals surface area contributed by atoms with E-state index in [1.54, 1.807) is 24.7 Å². The number of nitrogens with one attached hydrogen (secondary N) is 2. The van der Waals surface area contributed by atoms with E-state index in [2.05, 4.69) is 25.3 Å².